The Labute approximate surface area is 191 Å². The van der Waals surface area contributed by atoms with E-state index in [0.717, 1.165) is 60.1 Å². The highest BCUT2D eigenvalue weighted by molar-refractivity contribution is 5.82. The number of rotatable bonds is 5. The van der Waals surface area contributed by atoms with Gasteiger partial charge in [-0.1, -0.05) is 36.4 Å². The molecule has 2 aromatic carbocycles. The number of aliphatic hydroxyl groups excluding tert-OH is 1. The van der Waals surface area contributed by atoms with Gasteiger partial charge in [-0.05, 0) is 35.7 Å². The molecule has 33 heavy (non-hydrogen) atoms. The highest BCUT2D eigenvalue weighted by Gasteiger charge is 2.54. The highest BCUT2D eigenvalue weighted by atomic mass is 19.4. The van der Waals surface area contributed by atoms with E-state index in [1.165, 1.54) is 0 Å². The molecule has 1 N–H and O–H groups in total. The molecule has 4 heterocycles. The van der Waals surface area contributed by atoms with Crippen molar-refractivity contribution in [3.63, 3.8) is 0 Å². The summed E-state index contributed by atoms with van der Waals surface area (Å²) in [6.07, 6.45) is 0.648. The molecule has 0 amide bonds. The summed E-state index contributed by atoms with van der Waals surface area (Å²) in [6, 6.07) is 15.2. The van der Waals surface area contributed by atoms with Crippen molar-refractivity contribution in [2.24, 2.45) is 11.8 Å². The lowest BCUT2D eigenvalue weighted by Crippen LogP contribution is -2.67. The molecule has 172 valence electrons. The van der Waals surface area contributed by atoms with Gasteiger partial charge in [0, 0.05) is 35.9 Å². The van der Waals surface area contributed by atoms with Crippen molar-refractivity contribution in [2.45, 2.75) is 37.7 Å². The van der Waals surface area contributed by atoms with Gasteiger partial charge in [-0.15, -0.1) is 6.58 Å². The zero-order chi connectivity index (χ0) is 23.2. The number of aromatic nitrogens is 1. The number of nitrogens with zero attached hydrogens (tertiary/aromatic N) is 2. The third-order valence-electron chi connectivity index (χ3n) is 7.82. The van der Waals surface area contributed by atoms with Gasteiger partial charge in [0.05, 0.1) is 24.2 Å². The summed E-state index contributed by atoms with van der Waals surface area (Å²) in [5.74, 6) is 0.827. The number of alkyl halides is 3. The van der Waals surface area contributed by atoms with Crippen molar-refractivity contribution in [1.29, 1.82) is 0 Å². The van der Waals surface area contributed by atoms with E-state index in [2.05, 4.69) is 11.6 Å². The molecular weight excluding hydrogens is 425 g/mol. The van der Waals surface area contributed by atoms with Crippen molar-refractivity contribution < 1.29 is 22.8 Å². The molecule has 3 aromatic rings. The number of aliphatic hydroxyl groups is 1. The first-order chi connectivity index (χ1) is 15.8. The Morgan fingerprint density at radius 1 is 1.12 bits per heavy atom. The Morgan fingerprint density at radius 3 is 2.61 bits per heavy atom. The molecule has 0 aliphatic carbocycles. The third kappa shape index (κ3) is 3.96. The van der Waals surface area contributed by atoms with Crippen LogP contribution in [0.1, 0.15) is 35.6 Å². The predicted molar refractivity (Wildman–Crippen MR) is 122 cm³/mol. The van der Waals surface area contributed by atoms with E-state index in [-0.39, 0.29) is 6.04 Å². The molecule has 1 aromatic heterocycles. The van der Waals surface area contributed by atoms with E-state index in [4.69, 9.17) is 0 Å². The molecule has 3 aliphatic heterocycles. The second kappa shape index (κ2) is 8.26. The van der Waals surface area contributed by atoms with Crippen molar-refractivity contribution in [3.05, 3.63) is 90.1 Å². The number of hydrogen-bond donors (Lipinski definition) is 1. The Bertz CT molecular complexity index is 1150. The maximum absolute atomic E-state index is 13.1. The number of hydrogen-bond acceptors (Lipinski definition) is 2. The van der Waals surface area contributed by atoms with Crippen LogP contribution in [0.3, 0.4) is 0 Å². The third-order valence-corrected chi connectivity index (χ3v) is 7.82. The maximum atomic E-state index is 13.1. The predicted octanol–water partition coefficient (Wildman–Crippen LogP) is 5.90. The first-order valence-electron chi connectivity index (χ1n) is 11.5. The first-order valence-corrected chi connectivity index (χ1v) is 11.5. The second-order valence-corrected chi connectivity index (χ2v) is 9.59. The summed E-state index contributed by atoms with van der Waals surface area (Å²) in [4.78, 5) is 4.43. The molecule has 3 aliphatic rings. The number of para-hydroxylation sites is 1. The minimum absolute atomic E-state index is 0.0342. The smallest absolute Gasteiger partial charge is 0.382 e. The van der Waals surface area contributed by atoms with Crippen LogP contribution < -0.4 is 0 Å². The largest absolute Gasteiger partial charge is 0.416 e. The zero-order valence-corrected chi connectivity index (χ0v) is 18.4. The van der Waals surface area contributed by atoms with Crippen molar-refractivity contribution in [2.75, 3.05) is 13.1 Å². The number of pyridine rings is 1. The number of halogens is 3. The van der Waals surface area contributed by atoms with Gasteiger partial charge in [0.25, 0.3) is 0 Å². The molecule has 3 unspecified atom stereocenters. The van der Waals surface area contributed by atoms with Crippen LogP contribution in [0.25, 0.3) is 10.9 Å². The molecule has 3 saturated heterocycles. The van der Waals surface area contributed by atoms with Gasteiger partial charge < -0.3 is 9.59 Å². The summed E-state index contributed by atoms with van der Waals surface area (Å²) < 4.78 is 39.8. The van der Waals surface area contributed by atoms with E-state index >= 15 is 0 Å². The highest BCUT2D eigenvalue weighted by Crippen LogP contribution is 2.48. The van der Waals surface area contributed by atoms with Crippen molar-refractivity contribution in [1.82, 2.24) is 4.98 Å². The molecule has 6 heteroatoms. The molecule has 0 saturated carbocycles. The lowest BCUT2D eigenvalue weighted by atomic mass is 9.71. The maximum Gasteiger partial charge on any atom is 0.416 e. The van der Waals surface area contributed by atoms with Crippen LogP contribution >= 0.6 is 0 Å². The normalized spacial score (nSPS) is 28.1. The molecule has 0 radical (unpaired) electrons. The van der Waals surface area contributed by atoms with Gasteiger partial charge in [-0.2, -0.15) is 13.2 Å². The van der Waals surface area contributed by atoms with E-state index < -0.39 is 17.8 Å². The van der Waals surface area contributed by atoms with Crippen LogP contribution in [0.2, 0.25) is 0 Å². The van der Waals surface area contributed by atoms with Crippen LogP contribution in [-0.2, 0) is 12.7 Å². The van der Waals surface area contributed by atoms with Crippen molar-refractivity contribution >= 4 is 10.9 Å². The van der Waals surface area contributed by atoms with Crippen LogP contribution in [0.15, 0.2) is 73.4 Å². The summed E-state index contributed by atoms with van der Waals surface area (Å²) in [5, 5.41) is 12.6. The monoisotopic (exact) mass is 453 g/mol. The zero-order valence-electron chi connectivity index (χ0n) is 18.4. The molecule has 3 nitrogen and oxygen atoms in total. The Kier molecular flexibility index (Phi) is 5.53. The topological polar surface area (TPSA) is 33.1 Å². The van der Waals surface area contributed by atoms with Crippen LogP contribution in [0.5, 0.6) is 0 Å². The van der Waals surface area contributed by atoms with Gasteiger partial charge in [-0.25, -0.2) is 0 Å². The molecular formula is C27H28F3N2O+. The Balaban J connectivity index is 1.51. The van der Waals surface area contributed by atoms with Gasteiger partial charge in [0.2, 0.25) is 0 Å². The lowest BCUT2D eigenvalue weighted by molar-refractivity contribution is -0.984. The lowest BCUT2D eigenvalue weighted by Gasteiger charge is -2.58. The van der Waals surface area contributed by atoms with Crippen molar-refractivity contribution in [3.8, 4) is 0 Å². The average Bonchev–Trinajstić information content (AvgIpc) is 2.83. The molecule has 5 atom stereocenters. The molecule has 2 bridgehead atoms. The summed E-state index contributed by atoms with van der Waals surface area (Å²) in [5.41, 5.74) is 1.96. The minimum atomic E-state index is -4.34. The van der Waals surface area contributed by atoms with Crippen LogP contribution in [0, 0.1) is 11.8 Å². The van der Waals surface area contributed by atoms with Gasteiger partial charge in [-0.3, -0.25) is 4.98 Å². The van der Waals surface area contributed by atoms with Gasteiger partial charge >= 0.3 is 6.18 Å². The SMILES string of the molecule is C=CC1C[N+]2(Cc3ccc(C(F)(F)F)cc3)CCC1C[C@@H]2[C@@H](O)c1ccnc2ccccc12. The standard InChI is InChI=1S/C27H28F3N2O/c1-2-19-17-32(16-18-7-9-21(10-8-18)27(28,29)30)14-12-20(19)15-25(32)26(33)23-11-13-31-24-6-4-3-5-22(23)24/h2-11,13,19-20,25-26,33H,1,12,14-17H2/q+1/t19?,20?,25-,26+,32?/m1/s1. The summed E-state index contributed by atoms with van der Waals surface area (Å²) in [6.45, 7) is 6.39. The summed E-state index contributed by atoms with van der Waals surface area (Å²) in [7, 11) is 0. The fraction of sp³-hybridized carbons (Fsp3) is 0.370. The molecule has 6 rings (SSSR count). The van der Waals surface area contributed by atoms with Gasteiger partial charge in [0.1, 0.15) is 18.7 Å². The van der Waals surface area contributed by atoms with E-state index in [1.54, 1.807) is 18.3 Å². The molecule has 0 spiro atoms. The van der Waals surface area contributed by atoms with Crippen LogP contribution in [-0.4, -0.2) is 33.7 Å². The Hall–Kier alpha value is -2.70. The first kappa shape index (κ1) is 22.1. The average molecular weight is 454 g/mol. The fourth-order valence-corrected chi connectivity index (χ4v) is 6.13. The number of piperidine rings is 3. The fourth-order valence-electron chi connectivity index (χ4n) is 6.13. The van der Waals surface area contributed by atoms with Gasteiger partial charge in [0.15, 0.2) is 0 Å². The number of quaternary nitrogens is 1. The molecule has 3 fully saturated rings. The minimum Gasteiger partial charge on any atom is -0.382 e. The quantitative estimate of drug-likeness (QED) is 0.386. The Morgan fingerprint density at radius 2 is 1.88 bits per heavy atom. The van der Waals surface area contributed by atoms with Crippen LogP contribution in [0.4, 0.5) is 13.2 Å². The second-order valence-electron chi connectivity index (χ2n) is 9.59. The van der Waals surface area contributed by atoms with E-state index in [9.17, 15) is 18.3 Å². The van der Waals surface area contributed by atoms with E-state index in [0.29, 0.717) is 22.9 Å². The number of benzene rings is 2. The van der Waals surface area contributed by atoms with E-state index in [1.807, 2.05) is 36.4 Å². The number of fused-ring (bicyclic) bond motifs is 4. The summed E-state index contributed by atoms with van der Waals surface area (Å²) >= 11 is 0.